The van der Waals surface area contributed by atoms with Crippen molar-refractivity contribution in [1.29, 1.82) is 0 Å². The van der Waals surface area contributed by atoms with Crippen LogP contribution in [0.2, 0.25) is 0 Å². The molecule has 2 nitrogen and oxygen atoms in total. The maximum absolute atomic E-state index is 5.76. The molecule has 0 amide bonds. The van der Waals surface area contributed by atoms with Crippen LogP contribution in [-0.4, -0.2) is 9.97 Å². The monoisotopic (exact) mass is 346 g/mol. The van der Waals surface area contributed by atoms with Gasteiger partial charge in [0.15, 0.2) is 0 Å². The van der Waals surface area contributed by atoms with Crippen molar-refractivity contribution in [2.45, 2.75) is 12.8 Å². The zero-order chi connectivity index (χ0) is 16.3. The third-order valence-corrected chi connectivity index (χ3v) is 5.64. The van der Waals surface area contributed by atoms with Crippen LogP contribution in [-0.2, 0) is 0 Å². The molecule has 0 atom stereocenters. The van der Waals surface area contributed by atoms with Crippen molar-refractivity contribution in [3.63, 3.8) is 0 Å². The summed E-state index contributed by atoms with van der Waals surface area (Å²) < 4.78 is 1.80. The van der Waals surface area contributed by atoms with Gasteiger partial charge in [-0.05, 0) is 31.0 Å². The van der Waals surface area contributed by atoms with E-state index in [1.807, 2.05) is 12.1 Å². The first kappa shape index (κ1) is 14.1. The number of aromatic amines is 2. The molecule has 1 aliphatic rings. The Labute approximate surface area is 148 Å². The molecule has 116 valence electrons. The summed E-state index contributed by atoms with van der Waals surface area (Å²) in [4.78, 5) is 7.05. The average molecular weight is 346 g/mol. The van der Waals surface area contributed by atoms with Gasteiger partial charge in [-0.2, -0.15) is 0 Å². The zero-order valence-corrected chi connectivity index (χ0v) is 14.5. The smallest absolute Gasteiger partial charge is 0.0564 e. The van der Waals surface area contributed by atoms with E-state index in [-0.39, 0.29) is 0 Å². The highest BCUT2D eigenvalue weighted by molar-refractivity contribution is 7.72. The molecule has 0 bridgehead atoms. The lowest BCUT2D eigenvalue weighted by molar-refractivity contribution is 1.09. The highest BCUT2D eigenvalue weighted by Gasteiger charge is 2.07. The first-order valence-electron chi connectivity index (χ1n) is 8.03. The van der Waals surface area contributed by atoms with Crippen LogP contribution in [0.4, 0.5) is 0 Å². The van der Waals surface area contributed by atoms with Crippen molar-refractivity contribution >= 4 is 69.3 Å². The highest BCUT2D eigenvalue weighted by Crippen LogP contribution is 2.25. The van der Waals surface area contributed by atoms with Crippen molar-refractivity contribution in [3.8, 4) is 0 Å². The van der Waals surface area contributed by atoms with Crippen molar-refractivity contribution in [1.82, 2.24) is 9.97 Å². The number of para-hydroxylation sites is 1. The van der Waals surface area contributed by atoms with Gasteiger partial charge in [-0.3, -0.25) is 0 Å². The highest BCUT2D eigenvalue weighted by atomic mass is 32.1. The van der Waals surface area contributed by atoms with E-state index in [2.05, 4.69) is 46.4 Å². The largest absolute Gasteiger partial charge is 0.355 e. The number of hydrogen-bond acceptors (Lipinski definition) is 2. The minimum atomic E-state index is 0.883. The first-order chi connectivity index (χ1) is 11.7. The van der Waals surface area contributed by atoms with E-state index < -0.39 is 0 Å². The molecule has 2 heterocycles. The van der Waals surface area contributed by atoms with Crippen molar-refractivity contribution < 1.29 is 0 Å². The van der Waals surface area contributed by atoms with Crippen LogP contribution in [0.1, 0.15) is 12.8 Å². The second-order valence-corrected chi connectivity index (χ2v) is 7.03. The Hall–Kier alpha value is -2.30. The minimum Gasteiger partial charge on any atom is -0.355 e. The van der Waals surface area contributed by atoms with Crippen molar-refractivity contribution in [2.24, 2.45) is 0 Å². The Morgan fingerprint density at radius 3 is 2.29 bits per heavy atom. The van der Waals surface area contributed by atoms with E-state index in [0.717, 1.165) is 65.1 Å². The number of rotatable bonds is 0. The Morgan fingerprint density at radius 2 is 1.42 bits per heavy atom. The Balaban J connectivity index is 2.05. The fourth-order valence-electron chi connectivity index (χ4n) is 3.56. The van der Waals surface area contributed by atoms with Gasteiger partial charge in [0.25, 0.3) is 0 Å². The third-order valence-electron chi connectivity index (χ3n) is 4.76. The van der Waals surface area contributed by atoms with Gasteiger partial charge in [0, 0.05) is 43.3 Å². The number of hydrogen-bond donors (Lipinski definition) is 2. The predicted octanol–water partition coefficient (Wildman–Crippen LogP) is 4.62. The molecule has 0 radical (unpaired) electrons. The lowest BCUT2D eigenvalue weighted by Crippen LogP contribution is -2.31. The molecule has 0 unspecified atom stereocenters. The van der Waals surface area contributed by atoms with Gasteiger partial charge in [0.2, 0.25) is 0 Å². The lowest BCUT2D eigenvalue weighted by Gasteiger charge is -2.08. The molecule has 4 heteroatoms. The molecular weight excluding hydrogens is 332 g/mol. The first-order valence-corrected chi connectivity index (χ1v) is 8.85. The maximum atomic E-state index is 5.76. The Kier molecular flexibility index (Phi) is 2.99. The van der Waals surface area contributed by atoms with E-state index in [1.54, 1.807) is 0 Å². The van der Waals surface area contributed by atoms with Gasteiger partial charge in [-0.15, -0.1) is 0 Å². The van der Waals surface area contributed by atoms with Gasteiger partial charge in [0.05, 0.1) is 9.02 Å². The fraction of sp³-hybridized carbons (Fsp3) is 0.100. The Bertz CT molecular complexity index is 1390. The van der Waals surface area contributed by atoms with E-state index in [1.165, 1.54) is 0 Å². The normalized spacial score (nSPS) is 13.7. The standard InChI is InChI=1S/C20H14N2S2/c23-19-11-5-1-3-7-15(11)21-17-10-14-18(9-13(17)19)22-16-8-4-2-6-12(16)20(14)24/h1,3,5-10,22H,2,4H2,(H,21,23). The van der Waals surface area contributed by atoms with Crippen LogP contribution in [0, 0.1) is 9.02 Å². The molecule has 0 saturated carbocycles. The number of fused-ring (bicyclic) bond motifs is 4. The van der Waals surface area contributed by atoms with Crippen molar-refractivity contribution in [2.75, 3.05) is 0 Å². The van der Waals surface area contributed by atoms with Crippen LogP contribution in [0.15, 0.2) is 36.4 Å². The van der Waals surface area contributed by atoms with Crippen LogP contribution < -0.4 is 10.6 Å². The molecule has 24 heavy (non-hydrogen) atoms. The third kappa shape index (κ3) is 1.93. The van der Waals surface area contributed by atoms with E-state index in [9.17, 15) is 0 Å². The molecule has 0 fully saturated rings. The quantitative estimate of drug-likeness (QED) is 0.360. The number of benzene rings is 2. The van der Waals surface area contributed by atoms with E-state index in [4.69, 9.17) is 24.4 Å². The summed E-state index contributed by atoms with van der Waals surface area (Å²) in [6.45, 7) is 0. The molecule has 2 aromatic carbocycles. The molecule has 2 aromatic heterocycles. The van der Waals surface area contributed by atoms with Gasteiger partial charge in [-0.1, -0.05) is 54.8 Å². The summed E-state index contributed by atoms with van der Waals surface area (Å²) in [5, 5.41) is 5.50. The second-order valence-electron chi connectivity index (χ2n) is 6.21. The lowest BCUT2D eigenvalue weighted by atomic mass is 10.1. The molecule has 0 aliphatic heterocycles. The molecule has 1 aliphatic carbocycles. The topological polar surface area (TPSA) is 31.6 Å². The number of aromatic nitrogens is 2. The predicted molar refractivity (Wildman–Crippen MR) is 107 cm³/mol. The van der Waals surface area contributed by atoms with E-state index >= 15 is 0 Å². The summed E-state index contributed by atoms with van der Waals surface area (Å²) in [5.41, 5.74) is 3.14. The molecule has 0 spiro atoms. The van der Waals surface area contributed by atoms with Crippen LogP contribution in [0.3, 0.4) is 0 Å². The van der Waals surface area contributed by atoms with Crippen LogP contribution >= 0.6 is 24.4 Å². The van der Waals surface area contributed by atoms with Gasteiger partial charge in [0.1, 0.15) is 0 Å². The van der Waals surface area contributed by atoms with Gasteiger partial charge in [-0.25, -0.2) is 0 Å². The molecule has 5 rings (SSSR count). The van der Waals surface area contributed by atoms with Crippen molar-refractivity contribution in [3.05, 3.63) is 56.0 Å². The summed E-state index contributed by atoms with van der Waals surface area (Å²) in [5.74, 6) is 0. The molecule has 2 N–H and O–H groups in total. The average Bonchev–Trinajstić information content (AvgIpc) is 2.62. The summed E-state index contributed by atoms with van der Waals surface area (Å²) in [6, 6.07) is 12.4. The molecule has 0 saturated heterocycles. The summed E-state index contributed by atoms with van der Waals surface area (Å²) >= 11 is 11.5. The van der Waals surface area contributed by atoms with Gasteiger partial charge >= 0.3 is 0 Å². The summed E-state index contributed by atoms with van der Waals surface area (Å²) in [7, 11) is 0. The number of pyridine rings is 2. The fourth-order valence-corrected chi connectivity index (χ4v) is 4.27. The molecule has 4 aromatic rings. The van der Waals surface area contributed by atoms with Gasteiger partial charge < -0.3 is 9.97 Å². The SMILES string of the molecule is S=c1c2c([nH]c3cc4c(=S)c5ccccc5[nH]c4cc13)=CCCC=2. The number of H-pyrrole nitrogens is 2. The van der Waals surface area contributed by atoms with E-state index in [0.29, 0.717) is 0 Å². The Morgan fingerprint density at radius 1 is 0.708 bits per heavy atom. The van der Waals surface area contributed by atoms with Crippen LogP contribution in [0.5, 0.6) is 0 Å². The minimum absolute atomic E-state index is 0.883. The molecular formula is C20H14N2S2. The summed E-state index contributed by atoms with van der Waals surface area (Å²) in [6.07, 6.45) is 6.58. The number of nitrogens with one attached hydrogen (secondary N) is 2. The second kappa shape index (κ2) is 5.10. The maximum Gasteiger partial charge on any atom is 0.0564 e. The van der Waals surface area contributed by atoms with Crippen LogP contribution in [0.25, 0.3) is 44.9 Å². The zero-order valence-electron chi connectivity index (χ0n) is 12.8.